The van der Waals surface area contributed by atoms with E-state index < -0.39 is 9.84 Å². The van der Waals surface area contributed by atoms with Gasteiger partial charge in [-0.1, -0.05) is 31.5 Å². The fraction of sp³-hybridized carbons (Fsp3) is 0.500. The summed E-state index contributed by atoms with van der Waals surface area (Å²) in [4.78, 5) is 0.307. The molecule has 0 radical (unpaired) electrons. The minimum absolute atomic E-state index is 0.307. The molecule has 0 aromatic heterocycles. The number of sulfone groups is 1. The zero-order valence-corrected chi connectivity index (χ0v) is 11.9. The summed E-state index contributed by atoms with van der Waals surface area (Å²) in [5.74, 6) is 0.513. The predicted molar refractivity (Wildman–Crippen MR) is 71.1 cm³/mol. The number of rotatable bonds is 5. The molecule has 1 N–H and O–H groups in total. The highest BCUT2D eigenvalue weighted by Crippen LogP contribution is 2.23. The first-order valence-corrected chi connectivity index (χ1v) is 7.77. The molecule has 0 bridgehead atoms. The van der Waals surface area contributed by atoms with E-state index in [0.717, 1.165) is 6.54 Å². The summed E-state index contributed by atoms with van der Waals surface area (Å²) in [7, 11) is -3.23. The third-order valence-electron chi connectivity index (χ3n) is 2.33. The van der Waals surface area contributed by atoms with Crippen LogP contribution in [0.2, 0.25) is 5.02 Å². The number of nitrogens with one attached hydrogen (secondary N) is 1. The van der Waals surface area contributed by atoms with Crippen LogP contribution in [0.15, 0.2) is 23.1 Å². The maximum Gasteiger partial charge on any atom is 0.175 e. The van der Waals surface area contributed by atoms with Gasteiger partial charge in [0.15, 0.2) is 9.84 Å². The standard InChI is InChI=1S/C12H18ClNO2S/c1-9(2)7-14-8-10-11(13)5-4-6-12(10)17(3,15)16/h4-6,9,14H,7-8H2,1-3H3. The van der Waals surface area contributed by atoms with Crippen molar-refractivity contribution in [2.75, 3.05) is 12.8 Å². The summed E-state index contributed by atoms with van der Waals surface area (Å²) < 4.78 is 23.2. The van der Waals surface area contributed by atoms with E-state index in [1.165, 1.54) is 6.26 Å². The van der Waals surface area contributed by atoms with Crippen LogP contribution in [0.5, 0.6) is 0 Å². The van der Waals surface area contributed by atoms with E-state index in [1.807, 2.05) is 0 Å². The Morgan fingerprint density at radius 1 is 1.35 bits per heavy atom. The minimum atomic E-state index is -3.23. The van der Waals surface area contributed by atoms with E-state index in [1.54, 1.807) is 18.2 Å². The summed E-state index contributed by atoms with van der Waals surface area (Å²) in [6, 6.07) is 4.96. The Bertz CT molecular complexity index is 483. The highest BCUT2D eigenvalue weighted by Gasteiger charge is 2.15. The molecule has 0 unspecified atom stereocenters. The molecule has 5 heteroatoms. The lowest BCUT2D eigenvalue weighted by Crippen LogP contribution is -2.20. The van der Waals surface area contributed by atoms with Crippen LogP contribution < -0.4 is 5.32 Å². The van der Waals surface area contributed by atoms with Crippen molar-refractivity contribution in [1.29, 1.82) is 0 Å². The van der Waals surface area contributed by atoms with Gasteiger partial charge in [0.1, 0.15) is 0 Å². The van der Waals surface area contributed by atoms with Crippen molar-refractivity contribution in [3.05, 3.63) is 28.8 Å². The van der Waals surface area contributed by atoms with Gasteiger partial charge in [0.2, 0.25) is 0 Å². The second kappa shape index (κ2) is 5.85. The van der Waals surface area contributed by atoms with Gasteiger partial charge < -0.3 is 5.32 Å². The van der Waals surface area contributed by atoms with Crippen molar-refractivity contribution in [2.45, 2.75) is 25.3 Å². The molecule has 0 aliphatic carbocycles. The first-order chi connectivity index (χ1) is 7.82. The van der Waals surface area contributed by atoms with E-state index in [9.17, 15) is 8.42 Å². The smallest absolute Gasteiger partial charge is 0.175 e. The van der Waals surface area contributed by atoms with Gasteiger partial charge in [0.05, 0.1) is 4.90 Å². The lowest BCUT2D eigenvalue weighted by Gasteiger charge is -2.12. The van der Waals surface area contributed by atoms with Gasteiger partial charge in [-0.15, -0.1) is 0 Å². The van der Waals surface area contributed by atoms with Crippen molar-refractivity contribution in [3.63, 3.8) is 0 Å². The molecule has 0 aliphatic rings. The Morgan fingerprint density at radius 3 is 2.53 bits per heavy atom. The van der Waals surface area contributed by atoms with E-state index in [0.29, 0.717) is 27.9 Å². The molecule has 0 saturated carbocycles. The monoisotopic (exact) mass is 275 g/mol. The van der Waals surface area contributed by atoms with Crippen LogP contribution in [-0.2, 0) is 16.4 Å². The van der Waals surface area contributed by atoms with Crippen molar-refractivity contribution < 1.29 is 8.42 Å². The van der Waals surface area contributed by atoms with Crippen LogP contribution in [-0.4, -0.2) is 21.2 Å². The van der Waals surface area contributed by atoms with Gasteiger partial charge in [-0.2, -0.15) is 0 Å². The van der Waals surface area contributed by atoms with Gasteiger partial charge in [0, 0.05) is 23.4 Å². The van der Waals surface area contributed by atoms with Gasteiger partial charge in [0.25, 0.3) is 0 Å². The fourth-order valence-electron chi connectivity index (χ4n) is 1.54. The molecule has 0 atom stereocenters. The zero-order chi connectivity index (χ0) is 13.1. The summed E-state index contributed by atoms with van der Waals surface area (Å²) in [6.45, 7) is 5.49. The normalized spacial score (nSPS) is 12.1. The van der Waals surface area contributed by atoms with Crippen LogP contribution in [0.3, 0.4) is 0 Å². The molecule has 0 fully saturated rings. The molecule has 1 aromatic rings. The molecular formula is C12H18ClNO2S. The number of benzene rings is 1. The van der Waals surface area contributed by atoms with Crippen LogP contribution in [0.1, 0.15) is 19.4 Å². The molecule has 0 amide bonds. The van der Waals surface area contributed by atoms with E-state index in [4.69, 9.17) is 11.6 Å². The van der Waals surface area contributed by atoms with Crippen LogP contribution in [0.25, 0.3) is 0 Å². The van der Waals surface area contributed by atoms with Crippen molar-refractivity contribution in [2.24, 2.45) is 5.92 Å². The van der Waals surface area contributed by atoms with E-state index >= 15 is 0 Å². The van der Waals surface area contributed by atoms with Gasteiger partial charge in [-0.05, 0) is 24.6 Å². The van der Waals surface area contributed by atoms with Gasteiger partial charge >= 0.3 is 0 Å². The van der Waals surface area contributed by atoms with Crippen molar-refractivity contribution in [1.82, 2.24) is 5.32 Å². The van der Waals surface area contributed by atoms with Gasteiger partial charge in [-0.25, -0.2) is 8.42 Å². The quantitative estimate of drug-likeness (QED) is 0.898. The van der Waals surface area contributed by atoms with Crippen LogP contribution in [0.4, 0.5) is 0 Å². The number of halogens is 1. The molecule has 1 rings (SSSR count). The average Bonchev–Trinajstić information content (AvgIpc) is 2.18. The Balaban J connectivity index is 2.97. The third kappa shape index (κ3) is 4.30. The maximum atomic E-state index is 11.6. The molecule has 3 nitrogen and oxygen atoms in total. The Morgan fingerprint density at radius 2 is 2.00 bits per heavy atom. The second-order valence-electron chi connectivity index (χ2n) is 4.51. The van der Waals surface area contributed by atoms with E-state index in [-0.39, 0.29) is 0 Å². The second-order valence-corrected chi connectivity index (χ2v) is 6.90. The summed E-state index contributed by atoms with van der Waals surface area (Å²) in [5.41, 5.74) is 0.650. The Hall–Kier alpha value is -0.580. The molecule has 0 heterocycles. The molecule has 0 aliphatic heterocycles. The largest absolute Gasteiger partial charge is 0.312 e. The van der Waals surface area contributed by atoms with Crippen LogP contribution in [0, 0.1) is 5.92 Å². The minimum Gasteiger partial charge on any atom is -0.312 e. The number of hydrogen-bond donors (Lipinski definition) is 1. The maximum absolute atomic E-state index is 11.6. The highest BCUT2D eigenvalue weighted by atomic mass is 35.5. The Labute approximate surface area is 108 Å². The Kier molecular flexibility index (Phi) is 4.98. The summed E-state index contributed by atoms with van der Waals surface area (Å²) >= 11 is 6.05. The molecule has 0 saturated heterocycles. The first kappa shape index (κ1) is 14.5. The molecule has 17 heavy (non-hydrogen) atoms. The van der Waals surface area contributed by atoms with Crippen molar-refractivity contribution >= 4 is 21.4 Å². The topological polar surface area (TPSA) is 46.2 Å². The molecule has 1 aromatic carbocycles. The van der Waals surface area contributed by atoms with Crippen molar-refractivity contribution in [3.8, 4) is 0 Å². The first-order valence-electron chi connectivity index (χ1n) is 5.50. The molecule has 96 valence electrons. The lowest BCUT2D eigenvalue weighted by molar-refractivity contribution is 0.548. The summed E-state index contributed by atoms with van der Waals surface area (Å²) in [6.07, 6.45) is 1.20. The molecule has 0 spiro atoms. The lowest BCUT2D eigenvalue weighted by atomic mass is 10.2. The van der Waals surface area contributed by atoms with E-state index in [2.05, 4.69) is 19.2 Å². The zero-order valence-electron chi connectivity index (χ0n) is 10.3. The van der Waals surface area contributed by atoms with Gasteiger partial charge in [-0.3, -0.25) is 0 Å². The SMILES string of the molecule is CC(C)CNCc1c(Cl)cccc1S(C)(=O)=O. The summed E-state index contributed by atoms with van der Waals surface area (Å²) in [5, 5.41) is 3.70. The fourth-order valence-corrected chi connectivity index (χ4v) is 2.80. The van der Waals surface area contributed by atoms with Crippen LogP contribution >= 0.6 is 11.6 Å². The highest BCUT2D eigenvalue weighted by molar-refractivity contribution is 7.90. The third-order valence-corrected chi connectivity index (χ3v) is 3.87. The number of hydrogen-bond acceptors (Lipinski definition) is 3. The average molecular weight is 276 g/mol. The molecular weight excluding hydrogens is 258 g/mol. The predicted octanol–water partition coefficient (Wildman–Crippen LogP) is 2.49.